The van der Waals surface area contributed by atoms with Gasteiger partial charge in [0.15, 0.2) is 0 Å². The van der Waals surface area contributed by atoms with Gasteiger partial charge < -0.3 is 23.7 Å². The summed E-state index contributed by atoms with van der Waals surface area (Å²) in [5, 5.41) is 0. The van der Waals surface area contributed by atoms with E-state index in [0.29, 0.717) is 0 Å². The molecule has 0 saturated carbocycles. The molecular weight excluding hydrogens is 158 g/mol. The Balaban J connectivity index is 0. The molecule has 0 aromatic rings. The van der Waals surface area contributed by atoms with Crippen molar-refractivity contribution in [2.45, 2.75) is 19.8 Å². The largest absolute Gasteiger partial charge is 2.00 e. The van der Waals surface area contributed by atoms with E-state index in [2.05, 4.69) is 18.2 Å². The number of likely N-dealkylation sites (tertiary alicyclic amines) is 1. The quantitative estimate of drug-likeness (QED) is 0.324. The van der Waals surface area contributed by atoms with E-state index < -0.39 is 0 Å². The second-order valence-electron chi connectivity index (χ2n) is 2.30. The van der Waals surface area contributed by atoms with E-state index in [-0.39, 0.29) is 35.5 Å². The van der Waals surface area contributed by atoms with Crippen molar-refractivity contribution in [3.05, 3.63) is 6.42 Å². The maximum absolute atomic E-state index is 2.49. The van der Waals surface area contributed by atoms with Crippen molar-refractivity contribution < 1.29 is 12.4 Å². The predicted molar refractivity (Wildman–Crippen MR) is 41.4 cm³/mol. The van der Waals surface area contributed by atoms with Gasteiger partial charge in [0.05, 0.1) is 0 Å². The van der Waals surface area contributed by atoms with Crippen molar-refractivity contribution in [3.8, 4) is 0 Å². The van der Waals surface area contributed by atoms with Crippen LogP contribution in [0.4, 0.5) is 0 Å². The molecule has 0 unspecified atom stereocenters. The zero-order valence-electron chi connectivity index (χ0n) is 6.65. The molecule has 0 N–H and O–H groups in total. The van der Waals surface area contributed by atoms with Gasteiger partial charge in [0.1, 0.15) is 0 Å². The van der Waals surface area contributed by atoms with E-state index in [9.17, 15) is 0 Å². The van der Waals surface area contributed by atoms with Crippen LogP contribution in [0.1, 0.15) is 19.8 Å². The smallest absolute Gasteiger partial charge is 1.00 e. The molecule has 1 rings (SSSR count). The van der Waals surface area contributed by atoms with Crippen LogP contribution in [0.5, 0.6) is 0 Å². The van der Waals surface area contributed by atoms with Crippen LogP contribution < -0.4 is 12.4 Å². The Kier molecular flexibility index (Phi) is 11.0. The summed E-state index contributed by atoms with van der Waals surface area (Å²) < 4.78 is 0. The van der Waals surface area contributed by atoms with Crippen LogP contribution in [0.2, 0.25) is 0 Å². The standard InChI is InChI=1S/C7H14N.ClH.Mg/c1-2-8-6-4-3-5-7-8;;/h3H,2,4-7H2,1H3;1H;/q-1;;+2/p-1. The molecular formula is C7H14ClMgN. The molecule has 0 amide bonds. The van der Waals surface area contributed by atoms with Crippen LogP contribution in [0, 0.1) is 6.42 Å². The first kappa shape index (κ1) is 13.6. The van der Waals surface area contributed by atoms with Crippen LogP contribution in [-0.4, -0.2) is 47.6 Å². The van der Waals surface area contributed by atoms with Crippen molar-refractivity contribution in [1.29, 1.82) is 0 Å². The fourth-order valence-electron chi connectivity index (χ4n) is 1.12. The topological polar surface area (TPSA) is 3.24 Å². The molecule has 0 radical (unpaired) electrons. The summed E-state index contributed by atoms with van der Waals surface area (Å²) in [6.45, 7) is 6.03. The van der Waals surface area contributed by atoms with Crippen molar-refractivity contribution in [2.75, 3.05) is 19.6 Å². The molecule has 1 nitrogen and oxygen atoms in total. The molecule has 0 bridgehead atoms. The Morgan fingerprint density at radius 2 is 1.80 bits per heavy atom. The number of rotatable bonds is 1. The van der Waals surface area contributed by atoms with Crippen molar-refractivity contribution in [3.63, 3.8) is 0 Å². The minimum atomic E-state index is 0. The monoisotopic (exact) mass is 171 g/mol. The van der Waals surface area contributed by atoms with Crippen molar-refractivity contribution >= 4 is 23.1 Å². The summed E-state index contributed by atoms with van der Waals surface area (Å²) >= 11 is 0. The molecule has 0 aromatic heterocycles. The molecule has 1 aliphatic rings. The van der Waals surface area contributed by atoms with Gasteiger partial charge in [-0.1, -0.05) is 6.92 Å². The Labute approximate surface area is 86.1 Å². The van der Waals surface area contributed by atoms with Gasteiger partial charge in [0.2, 0.25) is 0 Å². The van der Waals surface area contributed by atoms with Crippen LogP contribution in [-0.2, 0) is 0 Å². The molecule has 1 saturated heterocycles. The Morgan fingerprint density at radius 3 is 2.10 bits per heavy atom. The molecule has 1 aliphatic heterocycles. The van der Waals surface area contributed by atoms with Crippen LogP contribution in [0.15, 0.2) is 0 Å². The van der Waals surface area contributed by atoms with E-state index in [0.717, 1.165) is 0 Å². The first-order valence-corrected chi connectivity index (χ1v) is 3.47. The molecule has 0 atom stereocenters. The first-order valence-electron chi connectivity index (χ1n) is 3.47. The van der Waals surface area contributed by atoms with E-state index in [1.165, 1.54) is 32.5 Å². The summed E-state index contributed by atoms with van der Waals surface area (Å²) in [4.78, 5) is 2.49. The molecule has 1 heterocycles. The summed E-state index contributed by atoms with van der Waals surface area (Å²) in [5.41, 5.74) is 0. The Bertz CT molecular complexity index is 64.6. The summed E-state index contributed by atoms with van der Waals surface area (Å²) in [5.74, 6) is 0. The predicted octanol–water partition coefficient (Wildman–Crippen LogP) is -2.07. The van der Waals surface area contributed by atoms with Gasteiger partial charge in [-0.05, 0) is 19.6 Å². The van der Waals surface area contributed by atoms with Gasteiger partial charge in [-0.2, -0.15) is 12.8 Å². The van der Waals surface area contributed by atoms with E-state index in [1.54, 1.807) is 0 Å². The maximum Gasteiger partial charge on any atom is 2.00 e. The van der Waals surface area contributed by atoms with Crippen LogP contribution in [0.3, 0.4) is 0 Å². The zero-order chi connectivity index (χ0) is 5.82. The van der Waals surface area contributed by atoms with Gasteiger partial charge in [-0.3, -0.25) is 0 Å². The van der Waals surface area contributed by atoms with E-state index >= 15 is 0 Å². The molecule has 56 valence electrons. The number of hydrogen-bond donors (Lipinski definition) is 0. The minimum absolute atomic E-state index is 0. The first-order chi connectivity index (χ1) is 3.93. The second kappa shape index (κ2) is 8.12. The molecule has 1 fully saturated rings. The normalized spacial score (nSPS) is 18.9. The maximum atomic E-state index is 2.49. The number of halogens is 1. The van der Waals surface area contributed by atoms with Gasteiger partial charge in [0, 0.05) is 0 Å². The molecule has 0 aliphatic carbocycles. The average molecular weight is 172 g/mol. The van der Waals surface area contributed by atoms with Gasteiger partial charge in [-0.15, -0.1) is 0 Å². The van der Waals surface area contributed by atoms with E-state index in [1.807, 2.05) is 0 Å². The van der Waals surface area contributed by atoms with Gasteiger partial charge in [0.25, 0.3) is 0 Å². The SMILES string of the molecule is CCN1CC[CH-]CC1.[Cl-].[Mg+2]. The zero-order valence-corrected chi connectivity index (χ0v) is 8.82. The fourth-order valence-corrected chi connectivity index (χ4v) is 1.12. The third kappa shape index (κ3) is 4.77. The van der Waals surface area contributed by atoms with Crippen LogP contribution in [0.25, 0.3) is 0 Å². The third-order valence-corrected chi connectivity index (χ3v) is 1.75. The summed E-state index contributed by atoms with van der Waals surface area (Å²) in [6, 6.07) is 0. The van der Waals surface area contributed by atoms with Gasteiger partial charge >= 0.3 is 23.1 Å². The molecule has 10 heavy (non-hydrogen) atoms. The fraction of sp³-hybridized carbons (Fsp3) is 0.857. The number of hydrogen-bond acceptors (Lipinski definition) is 1. The Morgan fingerprint density at radius 1 is 1.30 bits per heavy atom. The third-order valence-electron chi connectivity index (χ3n) is 1.75. The average Bonchev–Trinajstić information content (AvgIpc) is 1.90. The van der Waals surface area contributed by atoms with Crippen molar-refractivity contribution in [2.24, 2.45) is 0 Å². The second-order valence-corrected chi connectivity index (χ2v) is 2.30. The van der Waals surface area contributed by atoms with Crippen molar-refractivity contribution in [1.82, 2.24) is 4.90 Å². The summed E-state index contributed by atoms with van der Waals surface area (Å²) in [6.07, 6.45) is 4.98. The molecule has 3 heteroatoms. The van der Waals surface area contributed by atoms with E-state index in [4.69, 9.17) is 0 Å². The number of piperidine rings is 1. The Hall–Kier alpha value is 1.02. The molecule has 0 aromatic carbocycles. The minimum Gasteiger partial charge on any atom is -1.00 e. The molecule has 0 spiro atoms. The number of nitrogens with zero attached hydrogens (tertiary/aromatic N) is 1. The van der Waals surface area contributed by atoms with Crippen LogP contribution >= 0.6 is 0 Å². The summed E-state index contributed by atoms with van der Waals surface area (Å²) in [7, 11) is 0. The van der Waals surface area contributed by atoms with Gasteiger partial charge in [-0.25, -0.2) is 0 Å².